The Bertz CT molecular complexity index is 684. The summed E-state index contributed by atoms with van der Waals surface area (Å²) in [6, 6.07) is 19.5. The molecule has 0 aliphatic carbocycles. The maximum Gasteiger partial charge on any atom is 0.311 e. The number of benzene rings is 2. The summed E-state index contributed by atoms with van der Waals surface area (Å²) in [5.41, 5.74) is 2.05. The van der Waals surface area contributed by atoms with Gasteiger partial charge in [-0.2, -0.15) is 0 Å². The van der Waals surface area contributed by atoms with Gasteiger partial charge in [0.25, 0.3) is 0 Å². The van der Waals surface area contributed by atoms with Crippen molar-refractivity contribution < 1.29 is 19.4 Å². The normalized spacial score (nSPS) is 14.1. The molecule has 0 unspecified atom stereocenters. The van der Waals surface area contributed by atoms with Crippen LogP contribution in [0.4, 0.5) is 0 Å². The van der Waals surface area contributed by atoms with E-state index in [1.165, 1.54) is 7.11 Å². The second-order valence-electron chi connectivity index (χ2n) is 6.49. The molecule has 4 nitrogen and oxygen atoms in total. The molecule has 0 aliphatic rings. The van der Waals surface area contributed by atoms with E-state index in [0.29, 0.717) is 26.1 Å². The molecule has 144 valence electrons. The Balaban J connectivity index is 2.02. The molecule has 0 saturated carbocycles. The third kappa shape index (κ3) is 6.35. The Morgan fingerprint density at radius 3 is 2.33 bits per heavy atom. The van der Waals surface area contributed by atoms with Crippen LogP contribution in [0.2, 0.25) is 0 Å². The van der Waals surface area contributed by atoms with Crippen molar-refractivity contribution in [3.05, 3.63) is 84.4 Å². The number of carbonyl (C=O) groups excluding carboxylic acids is 1. The maximum absolute atomic E-state index is 12.3. The fraction of sp³-hybridized carbons (Fsp3) is 0.348. The van der Waals surface area contributed by atoms with Crippen LogP contribution in [0.1, 0.15) is 29.9 Å². The fourth-order valence-electron chi connectivity index (χ4n) is 3.19. The Labute approximate surface area is 161 Å². The fourth-order valence-corrected chi connectivity index (χ4v) is 3.19. The average molecular weight is 368 g/mol. The van der Waals surface area contributed by atoms with E-state index >= 15 is 0 Å². The van der Waals surface area contributed by atoms with E-state index in [2.05, 4.69) is 6.58 Å². The molecule has 0 aliphatic heterocycles. The van der Waals surface area contributed by atoms with Gasteiger partial charge in [0.2, 0.25) is 0 Å². The van der Waals surface area contributed by atoms with Gasteiger partial charge in [-0.1, -0.05) is 66.7 Å². The smallest absolute Gasteiger partial charge is 0.311 e. The highest BCUT2D eigenvalue weighted by molar-refractivity contribution is 5.73. The lowest BCUT2D eigenvalue weighted by Crippen LogP contribution is -2.35. The van der Waals surface area contributed by atoms with Gasteiger partial charge in [0.05, 0.1) is 25.7 Å². The summed E-state index contributed by atoms with van der Waals surface area (Å²) in [6.45, 7) is 4.62. The lowest BCUT2D eigenvalue weighted by atomic mass is 9.82. The minimum atomic E-state index is -0.877. The highest BCUT2D eigenvalue weighted by Crippen LogP contribution is 2.30. The summed E-state index contributed by atoms with van der Waals surface area (Å²) >= 11 is 0. The number of aliphatic hydroxyl groups is 1. The van der Waals surface area contributed by atoms with Gasteiger partial charge in [0.15, 0.2) is 0 Å². The Morgan fingerprint density at radius 2 is 1.74 bits per heavy atom. The van der Waals surface area contributed by atoms with Crippen LogP contribution in [0, 0.1) is 5.92 Å². The number of allylic oxidation sites excluding steroid dienone is 1. The number of hydrogen-bond donors (Lipinski definition) is 1. The summed E-state index contributed by atoms with van der Waals surface area (Å²) in [5, 5.41) is 11.0. The zero-order valence-electron chi connectivity index (χ0n) is 15.8. The van der Waals surface area contributed by atoms with Crippen LogP contribution >= 0.6 is 0 Å². The molecule has 0 bridgehead atoms. The van der Waals surface area contributed by atoms with Crippen molar-refractivity contribution in [2.75, 3.05) is 13.7 Å². The predicted octanol–water partition coefficient (Wildman–Crippen LogP) is 4.10. The van der Waals surface area contributed by atoms with Crippen LogP contribution < -0.4 is 0 Å². The predicted molar refractivity (Wildman–Crippen MR) is 106 cm³/mol. The van der Waals surface area contributed by atoms with Gasteiger partial charge in [-0.05, 0) is 24.0 Å². The van der Waals surface area contributed by atoms with E-state index in [4.69, 9.17) is 9.47 Å². The summed E-state index contributed by atoms with van der Waals surface area (Å²) < 4.78 is 10.6. The first kappa shape index (κ1) is 20.9. The second-order valence-corrected chi connectivity index (χ2v) is 6.49. The van der Waals surface area contributed by atoms with E-state index in [-0.39, 0.29) is 5.92 Å². The van der Waals surface area contributed by atoms with Crippen molar-refractivity contribution in [2.45, 2.75) is 31.5 Å². The average Bonchev–Trinajstić information content (AvgIpc) is 2.72. The molecule has 27 heavy (non-hydrogen) atoms. The van der Waals surface area contributed by atoms with E-state index in [9.17, 15) is 9.90 Å². The van der Waals surface area contributed by atoms with Gasteiger partial charge in [0, 0.05) is 12.5 Å². The van der Waals surface area contributed by atoms with Crippen LogP contribution in [0.5, 0.6) is 0 Å². The number of ether oxygens (including phenoxy) is 2. The highest BCUT2D eigenvalue weighted by Gasteiger charge is 2.33. The number of carbonyl (C=O) groups is 1. The molecule has 2 rings (SSSR count). The van der Waals surface area contributed by atoms with Crippen LogP contribution in [0.25, 0.3) is 0 Å². The third-order valence-electron chi connectivity index (χ3n) is 4.66. The first-order valence-corrected chi connectivity index (χ1v) is 9.20. The Kier molecular flexibility index (Phi) is 8.75. The van der Waals surface area contributed by atoms with E-state index in [1.807, 2.05) is 60.7 Å². The Morgan fingerprint density at radius 1 is 1.11 bits per heavy atom. The molecule has 0 saturated heterocycles. The molecular weight excluding hydrogens is 340 g/mol. The first-order chi connectivity index (χ1) is 13.2. The number of methoxy groups -OCH3 is 1. The quantitative estimate of drug-likeness (QED) is 0.368. The standard InChI is InChI=1S/C23H28O4/c1-3-10-20(19-13-8-5-9-14-19)22(24)21(23(25)26-2)15-16-27-17-18-11-6-4-7-12-18/h3-9,11-14,20-22,24H,1,10,15-17H2,2H3/t20-,21-,22-/m0/s1. The molecular formula is C23H28O4. The van der Waals surface area contributed by atoms with Crippen molar-refractivity contribution in [3.8, 4) is 0 Å². The minimum absolute atomic E-state index is 0.220. The van der Waals surface area contributed by atoms with Crippen LogP contribution in [0.3, 0.4) is 0 Å². The molecule has 1 N–H and O–H groups in total. The summed E-state index contributed by atoms with van der Waals surface area (Å²) in [5.74, 6) is -1.30. The van der Waals surface area contributed by atoms with Gasteiger partial charge < -0.3 is 14.6 Å². The van der Waals surface area contributed by atoms with Crippen molar-refractivity contribution in [2.24, 2.45) is 5.92 Å². The number of hydrogen-bond acceptors (Lipinski definition) is 4. The van der Waals surface area contributed by atoms with Crippen LogP contribution in [-0.4, -0.2) is 30.9 Å². The van der Waals surface area contributed by atoms with E-state index in [0.717, 1.165) is 11.1 Å². The summed E-state index contributed by atoms with van der Waals surface area (Å²) in [4.78, 5) is 12.3. The van der Waals surface area contributed by atoms with Gasteiger partial charge in [0.1, 0.15) is 0 Å². The molecule has 0 amide bonds. The van der Waals surface area contributed by atoms with Crippen molar-refractivity contribution in [3.63, 3.8) is 0 Å². The van der Waals surface area contributed by atoms with E-state index in [1.54, 1.807) is 6.08 Å². The van der Waals surface area contributed by atoms with E-state index < -0.39 is 18.0 Å². The molecule has 2 aromatic carbocycles. The lowest BCUT2D eigenvalue weighted by molar-refractivity contribution is -0.151. The zero-order chi connectivity index (χ0) is 19.5. The first-order valence-electron chi connectivity index (χ1n) is 9.20. The third-order valence-corrected chi connectivity index (χ3v) is 4.66. The summed E-state index contributed by atoms with van der Waals surface area (Å²) in [7, 11) is 1.35. The molecule has 0 aromatic heterocycles. The molecule has 3 atom stereocenters. The topological polar surface area (TPSA) is 55.8 Å². The highest BCUT2D eigenvalue weighted by atomic mass is 16.5. The monoisotopic (exact) mass is 368 g/mol. The van der Waals surface area contributed by atoms with Gasteiger partial charge in [-0.3, -0.25) is 4.79 Å². The lowest BCUT2D eigenvalue weighted by Gasteiger charge is -2.28. The summed E-state index contributed by atoms with van der Waals surface area (Å²) in [6.07, 6.45) is 1.85. The van der Waals surface area contributed by atoms with Crippen molar-refractivity contribution in [1.82, 2.24) is 0 Å². The molecule has 4 heteroatoms. The van der Waals surface area contributed by atoms with Crippen molar-refractivity contribution in [1.29, 1.82) is 0 Å². The number of esters is 1. The largest absolute Gasteiger partial charge is 0.469 e. The molecule has 0 fully saturated rings. The SMILES string of the molecule is C=CC[C@@H](c1ccccc1)[C@H](O)[C@H](CCOCc1ccccc1)C(=O)OC. The minimum Gasteiger partial charge on any atom is -0.469 e. The number of rotatable bonds is 11. The van der Waals surface area contributed by atoms with Gasteiger partial charge >= 0.3 is 5.97 Å². The van der Waals surface area contributed by atoms with Gasteiger partial charge in [-0.25, -0.2) is 0 Å². The number of aliphatic hydroxyl groups excluding tert-OH is 1. The molecule has 0 heterocycles. The Hall–Kier alpha value is -2.43. The second kappa shape index (κ2) is 11.3. The molecule has 2 aromatic rings. The maximum atomic E-state index is 12.3. The molecule has 0 spiro atoms. The molecule has 0 radical (unpaired) electrons. The zero-order valence-corrected chi connectivity index (χ0v) is 15.8. The van der Waals surface area contributed by atoms with Crippen molar-refractivity contribution >= 4 is 5.97 Å². The van der Waals surface area contributed by atoms with Crippen LogP contribution in [0.15, 0.2) is 73.3 Å². The van der Waals surface area contributed by atoms with Gasteiger partial charge in [-0.15, -0.1) is 6.58 Å². The van der Waals surface area contributed by atoms with Crippen LogP contribution in [-0.2, 0) is 20.9 Å².